The summed E-state index contributed by atoms with van der Waals surface area (Å²) in [5, 5.41) is 0. The number of carbonyl (C=O) groups is 1. The van der Waals surface area contributed by atoms with Gasteiger partial charge in [0.2, 0.25) is 0 Å². The van der Waals surface area contributed by atoms with Gasteiger partial charge in [0.05, 0.1) is 7.11 Å². The van der Waals surface area contributed by atoms with Crippen molar-refractivity contribution in [3.05, 3.63) is 29.3 Å². The molecule has 70 valence electrons. The Balaban J connectivity index is 2.90. The summed E-state index contributed by atoms with van der Waals surface area (Å²) in [7, 11) is 1.39. The standard InChI is InChI=1S/C9H12N2O2/c1-6-5-7(3-4-8(6)10)9(12)11-13-2/h3-5H,10H2,1-2H3,(H,11,12). The highest BCUT2D eigenvalue weighted by Crippen LogP contribution is 2.12. The van der Waals surface area contributed by atoms with E-state index < -0.39 is 0 Å². The van der Waals surface area contributed by atoms with Gasteiger partial charge >= 0.3 is 0 Å². The van der Waals surface area contributed by atoms with E-state index in [2.05, 4.69) is 10.3 Å². The molecule has 0 aliphatic rings. The van der Waals surface area contributed by atoms with Gasteiger partial charge in [-0.15, -0.1) is 0 Å². The predicted molar refractivity (Wildman–Crippen MR) is 50.1 cm³/mol. The van der Waals surface area contributed by atoms with Gasteiger partial charge in [0.1, 0.15) is 0 Å². The maximum Gasteiger partial charge on any atom is 0.274 e. The zero-order valence-corrected chi connectivity index (χ0v) is 7.63. The van der Waals surface area contributed by atoms with Crippen LogP contribution in [0.2, 0.25) is 0 Å². The lowest BCUT2D eigenvalue weighted by Gasteiger charge is -2.04. The van der Waals surface area contributed by atoms with Crippen molar-refractivity contribution in [2.75, 3.05) is 12.8 Å². The van der Waals surface area contributed by atoms with Crippen LogP contribution in [0.25, 0.3) is 0 Å². The minimum atomic E-state index is -0.273. The molecule has 0 unspecified atom stereocenters. The third-order valence-corrected chi connectivity index (χ3v) is 1.73. The third-order valence-electron chi connectivity index (χ3n) is 1.73. The van der Waals surface area contributed by atoms with Crippen molar-refractivity contribution < 1.29 is 9.63 Å². The SMILES string of the molecule is CONC(=O)c1ccc(N)c(C)c1. The second kappa shape index (κ2) is 3.91. The Labute approximate surface area is 76.6 Å². The second-order valence-electron chi connectivity index (χ2n) is 2.71. The Morgan fingerprint density at radius 2 is 2.23 bits per heavy atom. The summed E-state index contributed by atoms with van der Waals surface area (Å²) in [5.41, 5.74) is 9.92. The number of anilines is 1. The zero-order chi connectivity index (χ0) is 9.84. The summed E-state index contributed by atoms with van der Waals surface area (Å²) in [6, 6.07) is 5.06. The molecule has 0 aromatic heterocycles. The third kappa shape index (κ3) is 2.19. The summed E-state index contributed by atoms with van der Waals surface area (Å²) < 4.78 is 0. The monoisotopic (exact) mass is 180 g/mol. The van der Waals surface area contributed by atoms with Crippen LogP contribution < -0.4 is 11.2 Å². The van der Waals surface area contributed by atoms with E-state index in [0.717, 1.165) is 5.56 Å². The molecule has 0 spiro atoms. The largest absolute Gasteiger partial charge is 0.399 e. The molecule has 4 heteroatoms. The van der Waals surface area contributed by atoms with Gasteiger partial charge in [-0.05, 0) is 30.7 Å². The van der Waals surface area contributed by atoms with Gasteiger partial charge in [-0.2, -0.15) is 0 Å². The molecular weight excluding hydrogens is 168 g/mol. The van der Waals surface area contributed by atoms with Gasteiger partial charge in [-0.1, -0.05) is 0 Å². The van der Waals surface area contributed by atoms with Gasteiger partial charge < -0.3 is 5.73 Å². The fourth-order valence-electron chi connectivity index (χ4n) is 0.969. The van der Waals surface area contributed by atoms with E-state index in [0.29, 0.717) is 11.3 Å². The van der Waals surface area contributed by atoms with Crippen LogP contribution in [0.4, 0.5) is 5.69 Å². The Bertz CT molecular complexity index is 323. The van der Waals surface area contributed by atoms with Crippen LogP contribution in [0.3, 0.4) is 0 Å². The molecule has 0 aliphatic heterocycles. The lowest BCUT2D eigenvalue weighted by Crippen LogP contribution is -2.21. The molecule has 3 N–H and O–H groups in total. The molecule has 0 fully saturated rings. The van der Waals surface area contributed by atoms with Gasteiger partial charge in [-0.25, -0.2) is 5.48 Å². The first-order chi connectivity index (χ1) is 6.15. The summed E-state index contributed by atoms with van der Waals surface area (Å²) in [6.07, 6.45) is 0. The highest BCUT2D eigenvalue weighted by molar-refractivity contribution is 5.94. The topological polar surface area (TPSA) is 64.3 Å². The molecule has 13 heavy (non-hydrogen) atoms. The van der Waals surface area contributed by atoms with Gasteiger partial charge in [-0.3, -0.25) is 9.63 Å². The number of nitrogens with one attached hydrogen (secondary N) is 1. The van der Waals surface area contributed by atoms with Crippen LogP contribution in [0.15, 0.2) is 18.2 Å². The maximum atomic E-state index is 11.2. The number of aryl methyl sites for hydroxylation is 1. The molecule has 0 saturated heterocycles. The summed E-state index contributed by atoms with van der Waals surface area (Å²) in [6.45, 7) is 1.85. The first kappa shape index (κ1) is 9.54. The first-order valence-corrected chi connectivity index (χ1v) is 3.84. The Morgan fingerprint density at radius 3 is 2.77 bits per heavy atom. The van der Waals surface area contributed by atoms with E-state index in [4.69, 9.17) is 5.73 Å². The number of carbonyl (C=O) groups excluding carboxylic acids is 1. The Morgan fingerprint density at radius 1 is 1.54 bits per heavy atom. The zero-order valence-electron chi connectivity index (χ0n) is 7.63. The molecule has 4 nitrogen and oxygen atoms in total. The average Bonchev–Trinajstić information content (AvgIpc) is 2.10. The van der Waals surface area contributed by atoms with Crippen LogP contribution in [-0.4, -0.2) is 13.0 Å². The molecule has 0 saturated carbocycles. The molecule has 0 heterocycles. The number of nitrogen functional groups attached to an aromatic ring is 1. The highest BCUT2D eigenvalue weighted by atomic mass is 16.6. The number of hydroxylamine groups is 1. The van der Waals surface area contributed by atoms with E-state index in [1.54, 1.807) is 18.2 Å². The maximum absolute atomic E-state index is 11.2. The van der Waals surface area contributed by atoms with Crippen LogP contribution >= 0.6 is 0 Å². The molecule has 0 aliphatic carbocycles. The van der Waals surface area contributed by atoms with E-state index in [1.807, 2.05) is 6.92 Å². The highest BCUT2D eigenvalue weighted by Gasteiger charge is 2.05. The van der Waals surface area contributed by atoms with E-state index in [-0.39, 0.29) is 5.91 Å². The molecular formula is C9H12N2O2. The van der Waals surface area contributed by atoms with Crippen LogP contribution in [0.1, 0.15) is 15.9 Å². The van der Waals surface area contributed by atoms with Crippen molar-refractivity contribution in [1.29, 1.82) is 0 Å². The number of rotatable bonds is 2. The number of hydrogen-bond acceptors (Lipinski definition) is 3. The molecule has 1 amide bonds. The van der Waals surface area contributed by atoms with Crippen molar-refractivity contribution in [2.24, 2.45) is 0 Å². The van der Waals surface area contributed by atoms with Crippen LogP contribution in [0.5, 0.6) is 0 Å². The molecule has 1 aromatic rings. The average molecular weight is 180 g/mol. The molecule has 1 aromatic carbocycles. The molecule has 0 bridgehead atoms. The van der Waals surface area contributed by atoms with Gasteiger partial charge in [0.25, 0.3) is 5.91 Å². The number of hydrogen-bond donors (Lipinski definition) is 2. The van der Waals surface area contributed by atoms with Crippen molar-refractivity contribution in [3.8, 4) is 0 Å². The van der Waals surface area contributed by atoms with E-state index in [1.165, 1.54) is 7.11 Å². The lowest BCUT2D eigenvalue weighted by atomic mass is 10.1. The van der Waals surface area contributed by atoms with Crippen molar-refractivity contribution in [1.82, 2.24) is 5.48 Å². The van der Waals surface area contributed by atoms with E-state index in [9.17, 15) is 4.79 Å². The van der Waals surface area contributed by atoms with Crippen molar-refractivity contribution >= 4 is 11.6 Å². The quantitative estimate of drug-likeness (QED) is 0.524. The van der Waals surface area contributed by atoms with Gasteiger partial charge in [0.15, 0.2) is 0 Å². The van der Waals surface area contributed by atoms with Crippen molar-refractivity contribution in [3.63, 3.8) is 0 Å². The summed E-state index contributed by atoms with van der Waals surface area (Å²) in [5.74, 6) is -0.273. The first-order valence-electron chi connectivity index (χ1n) is 3.84. The summed E-state index contributed by atoms with van der Waals surface area (Å²) >= 11 is 0. The lowest BCUT2D eigenvalue weighted by molar-refractivity contribution is 0.0537. The van der Waals surface area contributed by atoms with E-state index >= 15 is 0 Å². The normalized spacial score (nSPS) is 9.69. The Hall–Kier alpha value is -1.55. The predicted octanol–water partition coefficient (Wildman–Crippen LogP) is 0.868. The van der Waals surface area contributed by atoms with Crippen LogP contribution in [0, 0.1) is 6.92 Å². The number of benzene rings is 1. The minimum Gasteiger partial charge on any atom is -0.399 e. The Kier molecular flexibility index (Phi) is 2.87. The second-order valence-corrected chi connectivity index (χ2v) is 2.71. The molecule has 0 radical (unpaired) electrons. The van der Waals surface area contributed by atoms with Crippen molar-refractivity contribution in [2.45, 2.75) is 6.92 Å². The molecule has 1 rings (SSSR count). The molecule has 0 atom stereocenters. The van der Waals surface area contributed by atoms with Gasteiger partial charge in [0, 0.05) is 11.3 Å². The fourth-order valence-corrected chi connectivity index (χ4v) is 0.969. The fraction of sp³-hybridized carbons (Fsp3) is 0.222. The minimum absolute atomic E-state index is 0.273. The number of amides is 1. The smallest absolute Gasteiger partial charge is 0.274 e. The summed E-state index contributed by atoms with van der Waals surface area (Å²) in [4.78, 5) is 15.7. The van der Waals surface area contributed by atoms with Crippen LogP contribution in [-0.2, 0) is 4.84 Å². The number of nitrogens with two attached hydrogens (primary N) is 1.